The molecule has 31 heavy (non-hydrogen) atoms. The number of hydrogen-bond donors (Lipinski definition) is 4. The lowest BCUT2D eigenvalue weighted by Gasteiger charge is -2.33. The normalized spacial score (nSPS) is 25.1. The second-order valence-corrected chi connectivity index (χ2v) is 9.47. The number of amides is 2. The maximum atomic E-state index is 13.7. The zero-order chi connectivity index (χ0) is 22.3. The summed E-state index contributed by atoms with van der Waals surface area (Å²) in [5.41, 5.74) is 3.64. The molecule has 2 aliphatic heterocycles. The molecule has 1 aromatic carbocycles. The van der Waals surface area contributed by atoms with Gasteiger partial charge in [-0.05, 0) is 50.4 Å². The first-order valence-electron chi connectivity index (χ1n) is 11.4. The molecule has 7 nitrogen and oxygen atoms in total. The number of fused-ring (bicyclic) bond motifs is 2. The fourth-order valence-electron chi connectivity index (χ4n) is 5.16. The molecule has 2 saturated heterocycles. The Morgan fingerprint density at radius 1 is 1.23 bits per heavy atom. The highest BCUT2D eigenvalue weighted by atomic mass is 16.2. The number of nitrogens with zero attached hydrogens (tertiary/aromatic N) is 1. The van der Waals surface area contributed by atoms with Crippen LogP contribution in [0.1, 0.15) is 44.2 Å². The van der Waals surface area contributed by atoms with Crippen LogP contribution in [0.3, 0.4) is 0 Å². The Labute approximate surface area is 184 Å². The van der Waals surface area contributed by atoms with Crippen molar-refractivity contribution in [3.05, 3.63) is 35.5 Å². The average molecular weight is 426 g/mol. The molecule has 2 aliphatic rings. The number of aryl methyl sites for hydroxylation is 1. The monoisotopic (exact) mass is 425 g/mol. The van der Waals surface area contributed by atoms with Gasteiger partial charge in [-0.1, -0.05) is 26.0 Å². The van der Waals surface area contributed by atoms with Crippen molar-refractivity contribution in [1.82, 2.24) is 25.8 Å². The minimum atomic E-state index is -0.520. The van der Waals surface area contributed by atoms with Gasteiger partial charge in [-0.2, -0.15) is 0 Å². The summed E-state index contributed by atoms with van der Waals surface area (Å²) in [6.45, 7) is 9.47. The number of carbonyl (C=O) groups excluding carboxylic acids is 2. The Morgan fingerprint density at radius 2 is 2.00 bits per heavy atom. The van der Waals surface area contributed by atoms with Gasteiger partial charge in [0.05, 0.1) is 12.1 Å². The van der Waals surface area contributed by atoms with Crippen LogP contribution < -0.4 is 16.0 Å². The minimum Gasteiger partial charge on any atom is -0.361 e. The van der Waals surface area contributed by atoms with Gasteiger partial charge >= 0.3 is 0 Å². The number of rotatable bonds is 6. The third kappa shape index (κ3) is 3.96. The molecule has 4 N–H and O–H groups in total. The van der Waals surface area contributed by atoms with Gasteiger partial charge in [0.1, 0.15) is 6.04 Å². The third-order valence-corrected chi connectivity index (χ3v) is 7.07. The molecule has 1 aromatic heterocycles. The van der Waals surface area contributed by atoms with Crippen LogP contribution in [0.15, 0.2) is 24.4 Å². The summed E-state index contributed by atoms with van der Waals surface area (Å²) in [4.78, 5) is 31.6. The summed E-state index contributed by atoms with van der Waals surface area (Å²) >= 11 is 0. The van der Waals surface area contributed by atoms with Crippen LogP contribution in [-0.2, 0) is 9.59 Å². The molecule has 4 rings (SSSR count). The number of H-pyrrole nitrogens is 1. The van der Waals surface area contributed by atoms with Crippen molar-refractivity contribution < 1.29 is 9.59 Å². The van der Waals surface area contributed by atoms with E-state index in [1.807, 2.05) is 18.7 Å². The van der Waals surface area contributed by atoms with Gasteiger partial charge in [0.15, 0.2) is 0 Å². The molecule has 168 valence electrons. The maximum Gasteiger partial charge on any atom is 0.245 e. The van der Waals surface area contributed by atoms with Gasteiger partial charge in [0, 0.05) is 42.1 Å². The molecule has 0 radical (unpaired) electrons. The topological polar surface area (TPSA) is 89.3 Å². The molecule has 2 aromatic rings. The van der Waals surface area contributed by atoms with E-state index in [0.29, 0.717) is 6.04 Å². The molecule has 0 bridgehead atoms. The number of aromatic amines is 1. The molecular weight excluding hydrogens is 390 g/mol. The van der Waals surface area contributed by atoms with Gasteiger partial charge in [0.25, 0.3) is 0 Å². The Bertz CT molecular complexity index is 968. The highest BCUT2D eigenvalue weighted by Gasteiger charge is 2.48. The number of carbonyl (C=O) groups is 2. The highest BCUT2D eigenvalue weighted by molar-refractivity contribution is 5.90. The van der Waals surface area contributed by atoms with Crippen molar-refractivity contribution in [1.29, 1.82) is 0 Å². The smallest absolute Gasteiger partial charge is 0.245 e. The van der Waals surface area contributed by atoms with E-state index in [-0.39, 0.29) is 35.7 Å². The first-order valence-corrected chi connectivity index (χ1v) is 11.4. The zero-order valence-corrected chi connectivity index (χ0v) is 19.2. The van der Waals surface area contributed by atoms with Crippen LogP contribution in [0.25, 0.3) is 10.9 Å². The Morgan fingerprint density at radius 3 is 2.71 bits per heavy atom. The summed E-state index contributed by atoms with van der Waals surface area (Å²) in [6.07, 6.45) is 3.05. The molecule has 0 unspecified atom stereocenters. The van der Waals surface area contributed by atoms with Gasteiger partial charge in [-0.15, -0.1) is 0 Å². The number of benzene rings is 1. The summed E-state index contributed by atoms with van der Waals surface area (Å²) < 4.78 is 0. The number of nitrogens with one attached hydrogen (secondary N) is 4. The Hall–Kier alpha value is -2.38. The largest absolute Gasteiger partial charge is 0.361 e. The summed E-state index contributed by atoms with van der Waals surface area (Å²) in [7, 11) is 1.75. The first-order chi connectivity index (χ1) is 14.8. The molecule has 2 fully saturated rings. The van der Waals surface area contributed by atoms with Gasteiger partial charge in [-0.25, -0.2) is 0 Å². The molecule has 0 aliphatic carbocycles. The number of hydrogen-bond acceptors (Lipinski definition) is 4. The number of likely N-dealkylation sites (N-methyl/N-ethyl adjacent to an activating group) is 1. The number of aromatic nitrogens is 1. The second-order valence-electron chi connectivity index (χ2n) is 9.47. The van der Waals surface area contributed by atoms with E-state index >= 15 is 0 Å². The van der Waals surface area contributed by atoms with Gasteiger partial charge < -0.3 is 25.8 Å². The average Bonchev–Trinajstić information content (AvgIpc) is 3.44. The van der Waals surface area contributed by atoms with Crippen LogP contribution in [0, 0.1) is 12.8 Å². The standard InChI is InChI=1S/C24H35N5O2/c1-13(2)21(28-23(30)15(4)25-5)24(31)29-9-8-19-22(29)18(12-26-19)17-11-27-20-10-14(3)6-7-16(17)20/h6-7,10-11,13,15,18-19,21-22,25-27H,8-9,12H2,1-5H3,(H,28,30)/t15-,18+,19+,21-,22+/m0/s1. The van der Waals surface area contributed by atoms with Crippen LogP contribution in [0.2, 0.25) is 0 Å². The lowest BCUT2D eigenvalue weighted by Crippen LogP contribution is -2.56. The Kier molecular flexibility index (Phi) is 6.08. The molecule has 2 amide bonds. The van der Waals surface area contributed by atoms with Crippen LogP contribution in [0.4, 0.5) is 0 Å². The fourth-order valence-corrected chi connectivity index (χ4v) is 5.16. The van der Waals surface area contributed by atoms with Gasteiger partial charge in [0.2, 0.25) is 11.8 Å². The molecule has 5 atom stereocenters. The lowest BCUT2D eigenvalue weighted by molar-refractivity contribution is -0.139. The van der Waals surface area contributed by atoms with Crippen molar-refractivity contribution in [2.45, 2.75) is 64.2 Å². The van der Waals surface area contributed by atoms with Crippen molar-refractivity contribution in [3.8, 4) is 0 Å². The van der Waals surface area contributed by atoms with E-state index in [4.69, 9.17) is 0 Å². The SMILES string of the molecule is CN[C@@H](C)C(=O)N[C@H](C(=O)N1CC[C@H]2NC[C@H](c3c[nH]c4cc(C)ccc34)[C@H]21)C(C)C. The van der Waals surface area contributed by atoms with E-state index in [0.717, 1.165) is 25.0 Å². The summed E-state index contributed by atoms with van der Waals surface area (Å²) in [6, 6.07) is 6.04. The zero-order valence-electron chi connectivity index (χ0n) is 19.2. The maximum absolute atomic E-state index is 13.7. The van der Waals surface area contributed by atoms with Crippen LogP contribution in [0.5, 0.6) is 0 Å². The molecule has 7 heteroatoms. The second kappa shape index (κ2) is 8.63. The summed E-state index contributed by atoms with van der Waals surface area (Å²) in [5.74, 6) is 0.137. The van der Waals surface area contributed by atoms with E-state index in [9.17, 15) is 9.59 Å². The predicted molar refractivity (Wildman–Crippen MR) is 123 cm³/mol. The van der Waals surface area contributed by atoms with E-state index in [2.05, 4.69) is 52.3 Å². The predicted octanol–water partition coefficient (Wildman–Crippen LogP) is 1.88. The summed E-state index contributed by atoms with van der Waals surface area (Å²) in [5, 5.41) is 10.8. The van der Waals surface area contributed by atoms with E-state index in [1.54, 1.807) is 14.0 Å². The van der Waals surface area contributed by atoms with Crippen molar-refractivity contribution in [2.75, 3.05) is 20.1 Å². The van der Waals surface area contributed by atoms with E-state index in [1.165, 1.54) is 16.5 Å². The Balaban J connectivity index is 1.60. The minimum absolute atomic E-state index is 0.0171. The van der Waals surface area contributed by atoms with Crippen molar-refractivity contribution in [2.24, 2.45) is 5.92 Å². The van der Waals surface area contributed by atoms with Crippen LogP contribution >= 0.6 is 0 Å². The van der Waals surface area contributed by atoms with Gasteiger partial charge in [-0.3, -0.25) is 9.59 Å². The highest BCUT2D eigenvalue weighted by Crippen LogP contribution is 2.39. The quantitative estimate of drug-likeness (QED) is 0.569. The van der Waals surface area contributed by atoms with Crippen LogP contribution in [-0.4, -0.2) is 66.0 Å². The third-order valence-electron chi connectivity index (χ3n) is 7.07. The molecular formula is C24H35N5O2. The fraction of sp³-hybridized carbons (Fsp3) is 0.583. The first kappa shape index (κ1) is 21.8. The van der Waals surface area contributed by atoms with E-state index < -0.39 is 6.04 Å². The lowest BCUT2D eigenvalue weighted by atomic mass is 9.90. The van der Waals surface area contributed by atoms with Crippen molar-refractivity contribution in [3.63, 3.8) is 0 Å². The molecule has 0 spiro atoms. The molecule has 3 heterocycles. The van der Waals surface area contributed by atoms with Crippen molar-refractivity contribution >= 4 is 22.7 Å². The number of likely N-dealkylation sites (tertiary alicyclic amines) is 1. The molecule has 0 saturated carbocycles.